The highest BCUT2D eigenvalue weighted by Gasteiger charge is 2.18. The van der Waals surface area contributed by atoms with Crippen LogP contribution in [-0.4, -0.2) is 46.0 Å². The van der Waals surface area contributed by atoms with Gasteiger partial charge in [0.1, 0.15) is 0 Å². The molecule has 1 fully saturated rings. The van der Waals surface area contributed by atoms with Crippen molar-refractivity contribution < 1.29 is 5.11 Å². The predicted molar refractivity (Wildman–Crippen MR) is 62.9 cm³/mol. The summed E-state index contributed by atoms with van der Waals surface area (Å²) in [5.74, 6) is 0.455. The van der Waals surface area contributed by atoms with E-state index in [0.29, 0.717) is 18.2 Å². The summed E-state index contributed by atoms with van der Waals surface area (Å²) in [6, 6.07) is 0. The van der Waals surface area contributed by atoms with Crippen LogP contribution in [0.2, 0.25) is 0 Å². The highest BCUT2D eigenvalue weighted by Crippen LogP contribution is 2.15. The number of aliphatic hydroxyl groups is 1. The summed E-state index contributed by atoms with van der Waals surface area (Å²) in [6.45, 7) is 4.30. The maximum atomic E-state index is 9.14. The molecule has 1 atom stereocenters. The van der Waals surface area contributed by atoms with Gasteiger partial charge in [0.2, 0.25) is 0 Å². The fourth-order valence-electron chi connectivity index (χ4n) is 2.25. The third kappa shape index (κ3) is 2.96. The second-order valence-electron chi connectivity index (χ2n) is 4.53. The Kier molecular flexibility index (Phi) is 3.79. The van der Waals surface area contributed by atoms with Crippen molar-refractivity contribution in [3.05, 3.63) is 12.4 Å². The largest absolute Gasteiger partial charge is 0.396 e. The molecular formula is C11H20N4O. The molecule has 5 heteroatoms. The molecule has 0 saturated carbocycles. The number of nitrogen functional groups attached to an aromatic ring is 1. The van der Waals surface area contributed by atoms with E-state index < -0.39 is 0 Å². The molecule has 1 aromatic heterocycles. The first-order valence-corrected chi connectivity index (χ1v) is 5.89. The number of anilines is 1. The summed E-state index contributed by atoms with van der Waals surface area (Å²) >= 11 is 0. The van der Waals surface area contributed by atoms with E-state index >= 15 is 0 Å². The van der Waals surface area contributed by atoms with Crippen LogP contribution >= 0.6 is 0 Å². The summed E-state index contributed by atoms with van der Waals surface area (Å²) in [5, 5.41) is 13.3. The van der Waals surface area contributed by atoms with Gasteiger partial charge in [-0.05, 0) is 25.3 Å². The standard InChI is InChI=1S/C11H20N4O/c12-11-6-13-15(8-11)5-4-14-3-1-2-10(7-14)9-16/h6,8,10,16H,1-5,7,9,12H2. The van der Waals surface area contributed by atoms with Crippen LogP contribution in [0.1, 0.15) is 12.8 Å². The third-order valence-electron chi connectivity index (χ3n) is 3.16. The molecule has 16 heavy (non-hydrogen) atoms. The van der Waals surface area contributed by atoms with Gasteiger partial charge < -0.3 is 15.7 Å². The second-order valence-corrected chi connectivity index (χ2v) is 4.53. The van der Waals surface area contributed by atoms with Gasteiger partial charge in [-0.25, -0.2) is 0 Å². The third-order valence-corrected chi connectivity index (χ3v) is 3.16. The summed E-state index contributed by atoms with van der Waals surface area (Å²) < 4.78 is 1.87. The molecule has 2 rings (SSSR count). The highest BCUT2D eigenvalue weighted by molar-refractivity contribution is 5.30. The minimum absolute atomic E-state index is 0.311. The summed E-state index contributed by atoms with van der Waals surface area (Å²) in [6.07, 6.45) is 5.87. The van der Waals surface area contributed by atoms with Gasteiger partial charge in [-0.15, -0.1) is 0 Å². The fourth-order valence-corrected chi connectivity index (χ4v) is 2.25. The number of hydrogen-bond acceptors (Lipinski definition) is 4. The van der Waals surface area contributed by atoms with E-state index in [0.717, 1.165) is 32.6 Å². The molecule has 0 bridgehead atoms. The Morgan fingerprint density at radius 3 is 3.06 bits per heavy atom. The van der Waals surface area contributed by atoms with Crippen molar-refractivity contribution in [2.75, 3.05) is 32.0 Å². The molecule has 0 amide bonds. The Bertz CT molecular complexity index is 326. The number of likely N-dealkylation sites (tertiary alicyclic amines) is 1. The van der Waals surface area contributed by atoms with Crippen molar-refractivity contribution in [2.24, 2.45) is 5.92 Å². The van der Waals surface area contributed by atoms with Crippen LogP contribution in [-0.2, 0) is 6.54 Å². The van der Waals surface area contributed by atoms with Crippen molar-refractivity contribution in [1.82, 2.24) is 14.7 Å². The minimum atomic E-state index is 0.311. The van der Waals surface area contributed by atoms with Gasteiger partial charge in [0.25, 0.3) is 0 Å². The molecule has 0 spiro atoms. The van der Waals surface area contributed by atoms with Crippen molar-refractivity contribution >= 4 is 5.69 Å². The van der Waals surface area contributed by atoms with Crippen molar-refractivity contribution in [3.63, 3.8) is 0 Å². The lowest BCUT2D eigenvalue weighted by Gasteiger charge is -2.31. The lowest BCUT2D eigenvalue weighted by Crippen LogP contribution is -2.38. The summed E-state index contributed by atoms with van der Waals surface area (Å²) in [4.78, 5) is 2.39. The van der Waals surface area contributed by atoms with Crippen molar-refractivity contribution in [2.45, 2.75) is 19.4 Å². The monoisotopic (exact) mass is 224 g/mol. The van der Waals surface area contributed by atoms with Gasteiger partial charge in [-0.1, -0.05) is 0 Å². The Hall–Kier alpha value is -1.07. The van der Waals surface area contributed by atoms with Gasteiger partial charge in [-0.2, -0.15) is 5.10 Å². The van der Waals surface area contributed by atoms with E-state index in [9.17, 15) is 0 Å². The molecular weight excluding hydrogens is 204 g/mol. The first-order chi connectivity index (χ1) is 7.78. The molecule has 2 heterocycles. The first kappa shape index (κ1) is 11.4. The Labute approximate surface area is 95.8 Å². The normalized spacial score (nSPS) is 22.4. The molecule has 1 aliphatic rings. The lowest BCUT2D eigenvalue weighted by molar-refractivity contribution is 0.117. The van der Waals surface area contributed by atoms with Gasteiger partial charge in [0, 0.05) is 25.9 Å². The highest BCUT2D eigenvalue weighted by atomic mass is 16.3. The van der Waals surface area contributed by atoms with Gasteiger partial charge in [-0.3, -0.25) is 4.68 Å². The SMILES string of the molecule is Nc1cnn(CCN2CCCC(CO)C2)c1. The van der Waals surface area contributed by atoms with Crippen LogP contribution in [0.5, 0.6) is 0 Å². The van der Waals surface area contributed by atoms with Crippen molar-refractivity contribution in [3.8, 4) is 0 Å². The maximum absolute atomic E-state index is 9.14. The Morgan fingerprint density at radius 1 is 1.50 bits per heavy atom. The molecule has 1 aromatic rings. The number of piperidine rings is 1. The van der Waals surface area contributed by atoms with E-state index in [-0.39, 0.29) is 0 Å². The van der Waals surface area contributed by atoms with Crippen LogP contribution < -0.4 is 5.73 Å². The van der Waals surface area contributed by atoms with E-state index in [1.807, 2.05) is 10.9 Å². The van der Waals surface area contributed by atoms with E-state index in [4.69, 9.17) is 10.8 Å². The topological polar surface area (TPSA) is 67.3 Å². The first-order valence-electron chi connectivity index (χ1n) is 5.89. The average molecular weight is 224 g/mol. The zero-order valence-electron chi connectivity index (χ0n) is 9.55. The molecule has 3 N–H and O–H groups in total. The zero-order chi connectivity index (χ0) is 11.4. The smallest absolute Gasteiger partial charge is 0.0719 e. The molecule has 5 nitrogen and oxygen atoms in total. The Balaban J connectivity index is 1.77. The van der Waals surface area contributed by atoms with Crippen LogP contribution in [0.25, 0.3) is 0 Å². The maximum Gasteiger partial charge on any atom is 0.0719 e. The molecule has 90 valence electrons. The summed E-state index contributed by atoms with van der Waals surface area (Å²) in [7, 11) is 0. The van der Waals surface area contributed by atoms with Gasteiger partial charge in [0.15, 0.2) is 0 Å². The Morgan fingerprint density at radius 2 is 2.38 bits per heavy atom. The fraction of sp³-hybridized carbons (Fsp3) is 0.727. The van der Waals surface area contributed by atoms with E-state index in [1.54, 1.807) is 6.20 Å². The number of aromatic nitrogens is 2. The van der Waals surface area contributed by atoms with Crippen LogP contribution in [0, 0.1) is 5.92 Å². The van der Waals surface area contributed by atoms with Crippen molar-refractivity contribution in [1.29, 1.82) is 0 Å². The lowest BCUT2D eigenvalue weighted by atomic mass is 9.99. The summed E-state index contributed by atoms with van der Waals surface area (Å²) in [5.41, 5.74) is 6.32. The average Bonchev–Trinajstić information content (AvgIpc) is 2.73. The molecule has 1 aliphatic heterocycles. The van der Waals surface area contributed by atoms with Gasteiger partial charge in [0.05, 0.1) is 18.4 Å². The molecule has 1 unspecified atom stereocenters. The number of aliphatic hydroxyl groups excluding tert-OH is 1. The molecule has 0 aliphatic carbocycles. The number of rotatable bonds is 4. The van der Waals surface area contributed by atoms with E-state index in [1.165, 1.54) is 6.42 Å². The molecule has 0 radical (unpaired) electrons. The van der Waals surface area contributed by atoms with Crippen LogP contribution in [0.3, 0.4) is 0 Å². The van der Waals surface area contributed by atoms with Crippen LogP contribution in [0.4, 0.5) is 5.69 Å². The minimum Gasteiger partial charge on any atom is -0.396 e. The number of nitrogens with two attached hydrogens (primary N) is 1. The molecule has 1 saturated heterocycles. The predicted octanol–water partition coefficient (Wildman–Crippen LogP) is 0.170. The quantitative estimate of drug-likeness (QED) is 0.765. The van der Waals surface area contributed by atoms with Crippen LogP contribution in [0.15, 0.2) is 12.4 Å². The molecule has 0 aromatic carbocycles. The van der Waals surface area contributed by atoms with E-state index in [2.05, 4.69) is 10.00 Å². The van der Waals surface area contributed by atoms with Gasteiger partial charge >= 0.3 is 0 Å². The number of hydrogen-bond donors (Lipinski definition) is 2. The second kappa shape index (κ2) is 5.32. The number of nitrogens with zero attached hydrogens (tertiary/aromatic N) is 3. The zero-order valence-corrected chi connectivity index (χ0v) is 9.55.